The first-order valence-corrected chi connectivity index (χ1v) is 6.13. The number of ether oxygens (including phenoxy) is 2. The minimum atomic E-state index is 0.354. The van der Waals surface area contributed by atoms with Gasteiger partial charge in [-0.15, -0.1) is 0 Å². The molecule has 2 rings (SSSR count). The van der Waals surface area contributed by atoms with Crippen molar-refractivity contribution in [2.45, 2.75) is 38.5 Å². The molecule has 0 radical (unpaired) electrons. The van der Waals surface area contributed by atoms with Gasteiger partial charge >= 0.3 is 0 Å². The molecule has 4 nitrogen and oxygen atoms in total. The number of pyridine rings is 1. The van der Waals surface area contributed by atoms with Crippen molar-refractivity contribution in [1.82, 2.24) is 10.3 Å². The van der Waals surface area contributed by atoms with Crippen molar-refractivity contribution in [1.29, 1.82) is 0 Å². The summed E-state index contributed by atoms with van der Waals surface area (Å²) in [6.07, 6.45) is 4.83. The Morgan fingerprint density at radius 3 is 3.12 bits per heavy atom. The Balaban J connectivity index is 1.78. The van der Waals surface area contributed by atoms with E-state index in [2.05, 4.69) is 17.2 Å². The summed E-state index contributed by atoms with van der Waals surface area (Å²) in [4.78, 5) is 4.17. The first-order chi connectivity index (χ1) is 8.29. The molecule has 1 aliphatic rings. The van der Waals surface area contributed by atoms with Gasteiger partial charge in [-0.1, -0.05) is 6.07 Å². The molecule has 2 atom stereocenters. The largest absolute Gasteiger partial charge is 0.481 e. The van der Waals surface area contributed by atoms with E-state index in [1.807, 2.05) is 12.1 Å². The summed E-state index contributed by atoms with van der Waals surface area (Å²) in [5.41, 5.74) is 1.08. The molecule has 2 heterocycles. The first-order valence-electron chi connectivity index (χ1n) is 6.13. The number of rotatable bonds is 5. The van der Waals surface area contributed by atoms with Crippen LogP contribution in [-0.2, 0) is 11.3 Å². The molecule has 0 aromatic carbocycles. The lowest BCUT2D eigenvalue weighted by Gasteiger charge is -2.13. The number of aromatic nitrogens is 1. The third kappa shape index (κ3) is 3.41. The lowest BCUT2D eigenvalue weighted by Crippen LogP contribution is -2.26. The number of hydrogen-bond donors (Lipinski definition) is 1. The van der Waals surface area contributed by atoms with Gasteiger partial charge in [-0.2, -0.15) is 0 Å². The molecular weight excluding hydrogens is 216 g/mol. The van der Waals surface area contributed by atoms with Crippen molar-refractivity contribution in [2.75, 3.05) is 13.7 Å². The second-order valence-electron chi connectivity index (χ2n) is 4.45. The smallest absolute Gasteiger partial charge is 0.217 e. The topological polar surface area (TPSA) is 43.4 Å². The summed E-state index contributed by atoms with van der Waals surface area (Å²) in [5, 5.41) is 3.39. The van der Waals surface area contributed by atoms with Crippen LogP contribution >= 0.6 is 0 Å². The predicted octanol–water partition coefficient (Wildman–Crippen LogP) is 1.75. The average Bonchev–Trinajstić information content (AvgIpc) is 2.76. The predicted molar refractivity (Wildman–Crippen MR) is 66.1 cm³/mol. The SMILES string of the molecule is COc1ncccc1CNCC1CCC(C)O1. The van der Waals surface area contributed by atoms with E-state index in [1.165, 1.54) is 6.42 Å². The van der Waals surface area contributed by atoms with Crippen molar-refractivity contribution in [3.05, 3.63) is 23.9 Å². The maximum absolute atomic E-state index is 5.75. The van der Waals surface area contributed by atoms with E-state index >= 15 is 0 Å². The highest BCUT2D eigenvalue weighted by atomic mass is 16.5. The van der Waals surface area contributed by atoms with E-state index < -0.39 is 0 Å². The van der Waals surface area contributed by atoms with Crippen LogP contribution in [0, 0.1) is 0 Å². The number of hydrogen-bond acceptors (Lipinski definition) is 4. The molecule has 0 bridgehead atoms. The normalized spacial score (nSPS) is 23.9. The molecule has 1 aliphatic heterocycles. The maximum atomic E-state index is 5.75. The maximum Gasteiger partial charge on any atom is 0.217 e. The highest BCUT2D eigenvalue weighted by molar-refractivity contribution is 5.24. The van der Waals surface area contributed by atoms with Gasteiger partial charge < -0.3 is 14.8 Å². The number of methoxy groups -OCH3 is 1. The summed E-state index contributed by atoms with van der Waals surface area (Å²) in [6.45, 7) is 3.79. The Morgan fingerprint density at radius 1 is 1.53 bits per heavy atom. The molecule has 0 spiro atoms. The molecule has 17 heavy (non-hydrogen) atoms. The minimum Gasteiger partial charge on any atom is -0.481 e. The standard InChI is InChI=1S/C13H20N2O2/c1-10-5-6-12(17-10)9-14-8-11-4-3-7-15-13(11)16-2/h3-4,7,10,12,14H,5-6,8-9H2,1-2H3. The van der Waals surface area contributed by atoms with Crippen LogP contribution in [-0.4, -0.2) is 30.8 Å². The lowest BCUT2D eigenvalue weighted by molar-refractivity contribution is 0.0558. The number of nitrogens with zero attached hydrogens (tertiary/aromatic N) is 1. The van der Waals surface area contributed by atoms with Gasteiger partial charge in [-0.25, -0.2) is 4.98 Å². The van der Waals surface area contributed by atoms with Crippen LogP contribution in [0.5, 0.6) is 5.88 Å². The van der Waals surface area contributed by atoms with E-state index in [4.69, 9.17) is 9.47 Å². The van der Waals surface area contributed by atoms with Crippen LogP contribution in [0.15, 0.2) is 18.3 Å². The fourth-order valence-electron chi connectivity index (χ4n) is 2.15. The molecule has 94 valence electrons. The molecule has 1 aromatic rings. The molecule has 0 amide bonds. The van der Waals surface area contributed by atoms with Crippen LogP contribution in [0.3, 0.4) is 0 Å². The van der Waals surface area contributed by atoms with E-state index in [1.54, 1.807) is 13.3 Å². The van der Waals surface area contributed by atoms with E-state index in [9.17, 15) is 0 Å². The molecule has 4 heteroatoms. The molecule has 0 saturated carbocycles. The third-order valence-electron chi connectivity index (χ3n) is 3.05. The van der Waals surface area contributed by atoms with E-state index in [0.717, 1.165) is 25.1 Å². The number of nitrogens with one attached hydrogen (secondary N) is 1. The third-order valence-corrected chi connectivity index (χ3v) is 3.05. The first kappa shape index (κ1) is 12.3. The highest BCUT2D eigenvalue weighted by Crippen LogP contribution is 2.18. The van der Waals surface area contributed by atoms with Crippen molar-refractivity contribution in [3.63, 3.8) is 0 Å². The molecule has 1 fully saturated rings. The zero-order chi connectivity index (χ0) is 12.1. The average molecular weight is 236 g/mol. The summed E-state index contributed by atoms with van der Waals surface area (Å²) in [7, 11) is 1.65. The second kappa shape index (κ2) is 5.98. The quantitative estimate of drug-likeness (QED) is 0.846. The van der Waals surface area contributed by atoms with Gasteiger partial charge in [0.1, 0.15) is 0 Å². The Labute approximate surface area is 102 Å². The molecule has 2 unspecified atom stereocenters. The van der Waals surface area contributed by atoms with Gasteiger partial charge in [-0.05, 0) is 25.8 Å². The van der Waals surface area contributed by atoms with Gasteiger partial charge in [0.15, 0.2) is 0 Å². The zero-order valence-electron chi connectivity index (χ0n) is 10.5. The fraction of sp³-hybridized carbons (Fsp3) is 0.615. The molecule has 1 aromatic heterocycles. The van der Waals surface area contributed by atoms with E-state index in [-0.39, 0.29) is 0 Å². The van der Waals surface area contributed by atoms with Crippen molar-refractivity contribution < 1.29 is 9.47 Å². The van der Waals surface area contributed by atoms with E-state index in [0.29, 0.717) is 18.1 Å². The van der Waals surface area contributed by atoms with Crippen molar-refractivity contribution >= 4 is 0 Å². The zero-order valence-corrected chi connectivity index (χ0v) is 10.5. The van der Waals surface area contributed by atoms with Gasteiger partial charge in [0.2, 0.25) is 5.88 Å². The van der Waals surface area contributed by atoms with Crippen molar-refractivity contribution in [2.24, 2.45) is 0 Å². The summed E-state index contributed by atoms with van der Waals surface area (Å²) in [5.74, 6) is 0.695. The Morgan fingerprint density at radius 2 is 2.41 bits per heavy atom. The minimum absolute atomic E-state index is 0.354. The lowest BCUT2D eigenvalue weighted by atomic mass is 10.2. The Kier molecular flexibility index (Phi) is 4.34. The van der Waals surface area contributed by atoms with Gasteiger partial charge in [-0.3, -0.25) is 0 Å². The Hall–Kier alpha value is -1.13. The van der Waals surface area contributed by atoms with Crippen LogP contribution < -0.4 is 10.1 Å². The molecule has 1 saturated heterocycles. The summed E-state index contributed by atoms with van der Waals surface area (Å²) >= 11 is 0. The highest BCUT2D eigenvalue weighted by Gasteiger charge is 2.21. The Bertz CT molecular complexity index is 357. The molecule has 0 aliphatic carbocycles. The fourth-order valence-corrected chi connectivity index (χ4v) is 2.15. The van der Waals surface area contributed by atoms with Crippen LogP contribution in [0.2, 0.25) is 0 Å². The second-order valence-corrected chi connectivity index (χ2v) is 4.45. The summed E-state index contributed by atoms with van der Waals surface area (Å²) < 4.78 is 10.9. The van der Waals surface area contributed by atoms with Crippen LogP contribution in [0.1, 0.15) is 25.3 Å². The molecular formula is C13H20N2O2. The van der Waals surface area contributed by atoms with Crippen molar-refractivity contribution in [3.8, 4) is 5.88 Å². The molecule has 1 N–H and O–H groups in total. The van der Waals surface area contributed by atoms with Gasteiger partial charge in [0, 0.05) is 24.8 Å². The van der Waals surface area contributed by atoms with Crippen LogP contribution in [0.25, 0.3) is 0 Å². The van der Waals surface area contributed by atoms with Gasteiger partial charge in [0.25, 0.3) is 0 Å². The van der Waals surface area contributed by atoms with Gasteiger partial charge in [0.05, 0.1) is 19.3 Å². The summed E-state index contributed by atoms with van der Waals surface area (Å²) in [6, 6.07) is 3.95. The monoisotopic (exact) mass is 236 g/mol. The van der Waals surface area contributed by atoms with Crippen LogP contribution in [0.4, 0.5) is 0 Å².